The van der Waals surface area contributed by atoms with E-state index in [1.54, 1.807) is 12.1 Å². The van der Waals surface area contributed by atoms with Gasteiger partial charge in [0.1, 0.15) is 5.75 Å². The lowest BCUT2D eigenvalue weighted by atomic mass is 9.81. The molecule has 2 N–H and O–H groups in total. The highest BCUT2D eigenvalue weighted by Gasteiger charge is 2.33. The van der Waals surface area contributed by atoms with Crippen LogP contribution in [0.5, 0.6) is 5.75 Å². The molecule has 1 unspecified atom stereocenters. The van der Waals surface area contributed by atoms with Crippen molar-refractivity contribution >= 4 is 0 Å². The summed E-state index contributed by atoms with van der Waals surface area (Å²) in [6.07, 6.45) is 0.649. The Hall–Kier alpha value is -1.23. The second-order valence-corrected chi connectivity index (χ2v) is 5.01. The summed E-state index contributed by atoms with van der Waals surface area (Å²) in [5.41, 5.74) is 6.59. The Morgan fingerprint density at radius 2 is 1.74 bits per heavy atom. The van der Waals surface area contributed by atoms with Crippen LogP contribution in [0.2, 0.25) is 0 Å². The van der Waals surface area contributed by atoms with Crippen molar-refractivity contribution < 1.29 is 17.9 Å². The maximum atomic E-state index is 12.4. The summed E-state index contributed by atoms with van der Waals surface area (Å²) in [4.78, 5) is 0. The van der Waals surface area contributed by atoms with Gasteiger partial charge in [-0.3, -0.25) is 0 Å². The van der Waals surface area contributed by atoms with Crippen LogP contribution in [-0.2, 0) is 0 Å². The Kier molecular flexibility index (Phi) is 4.34. The quantitative estimate of drug-likeness (QED) is 0.897. The molecule has 1 aromatic rings. The van der Waals surface area contributed by atoms with Crippen LogP contribution in [0, 0.1) is 5.92 Å². The van der Waals surface area contributed by atoms with Crippen molar-refractivity contribution in [3.05, 3.63) is 29.8 Å². The van der Waals surface area contributed by atoms with E-state index >= 15 is 0 Å². The molecule has 1 aromatic carbocycles. The molecule has 0 heterocycles. The fourth-order valence-electron chi connectivity index (χ4n) is 2.72. The second-order valence-electron chi connectivity index (χ2n) is 5.01. The molecule has 0 spiro atoms. The van der Waals surface area contributed by atoms with Crippen molar-refractivity contribution in [1.82, 2.24) is 0 Å². The summed E-state index contributed by atoms with van der Waals surface area (Å²) in [5, 5.41) is 0. The number of benzene rings is 1. The number of halogens is 3. The van der Waals surface area contributed by atoms with E-state index in [2.05, 4.69) is 4.74 Å². The van der Waals surface area contributed by atoms with Crippen LogP contribution >= 0.6 is 0 Å². The molecule has 0 radical (unpaired) electrons. The Morgan fingerprint density at radius 1 is 1.11 bits per heavy atom. The van der Waals surface area contributed by atoms with Crippen molar-refractivity contribution in [3.8, 4) is 5.75 Å². The first-order valence-electron chi connectivity index (χ1n) is 6.57. The van der Waals surface area contributed by atoms with Crippen molar-refractivity contribution in [2.24, 2.45) is 11.7 Å². The maximum Gasteiger partial charge on any atom is 0.573 e. The van der Waals surface area contributed by atoms with E-state index in [0.717, 1.165) is 25.7 Å². The molecule has 0 aromatic heterocycles. The van der Waals surface area contributed by atoms with Crippen LogP contribution in [0.15, 0.2) is 24.3 Å². The van der Waals surface area contributed by atoms with Gasteiger partial charge in [0.2, 0.25) is 0 Å². The number of para-hydroxylation sites is 1. The van der Waals surface area contributed by atoms with Gasteiger partial charge in [-0.15, -0.1) is 13.2 Å². The number of nitrogens with two attached hydrogens (primary N) is 1. The number of alkyl halides is 3. The molecular formula is C14H18F3NO. The first-order valence-corrected chi connectivity index (χ1v) is 6.57. The van der Waals surface area contributed by atoms with E-state index in [4.69, 9.17) is 5.73 Å². The Balaban J connectivity index is 2.18. The summed E-state index contributed by atoms with van der Waals surface area (Å²) in [5.74, 6) is 0.0693. The zero-order chi connectivity index (χ0) is 13.9. The molecule has 106 valence electrons. The van der Waals surface area contributed by atoms with Crippen molar-refractivity contribution in [3.63, 3.8) is 0 Å². The van der Waals surface area contributed by atoms with Gasteiger partial charge >= 0.3 is 6.36 Å². The third-order valence-electron chi connectivity index (χ3n) is 3.66. The third kappa shape index (κ3) is 3.86. The topological polar surface area (TPSA) is 35.2 Å². The van der Waals surface area contributed by atoms with Gasteiger partial charge in [-0.25, -0.2) is 0 Å². The number of ether oxygens (including phenoxy) is 1. The molecule has 0 bridgehead atoms. The molecule has 1 saturated carbocycles. The van der Waals surface area contributed by atoms with Gasteiger partial charge in [-0.1, -0.05) is 37.5 Å². The highest BCUT2D eigenvalue weighted by atomic mass is 19.4. The molecule has 1 atom stereocenters. The molecule has 19 heavy (non-hydrogen) atoms. The normalized spacial score (nSPS) is 19.2. The van der Waals surface area contributed by atoms with Crippen LogP contribution in [0.25, 0.3) is 0 Å². The molecular weight excluding hydrogens is 255 g/mol. The number of hydrogen-bond donors (Lipinski definition) is 1. The maximum absolute atomic E-state index is 12.4. The minimum absolute atomic E-state index is 0.173. The number of rotatable bonds is 3. The highest BCUT2D eigenvalue weighted by Crippen LogP contribution is 2.37. The molecule has 1 aliphatic rings. The predicted molar refractivity (Wildman–Crippen MR) is 66.6 cm³/mol. The zero-order valence-electron chi connectivity index (χ0n) is 10.6. The fourth-order valence-corrected chi connectivity index (χ4v) is 2.72. The summed E-state index contributed by atoms with van der Waals surface area (Å²) >= 11 is 0. The molecule has 5 heteroatoms. The fraction of sp³-hybridized carbons (Fsp3) is 0.571. The summed E-state index contributed by atoms with van der Waals surface area (Å²) in [7, 11) is 0. The molecule has 1 fully saturated rings. The molecule has 0 saturated heterocycles. The van der Waals surface area contributed by atoms with E-state index in [0.29, 0.717) is 5.56 Å². The Morgan fingerprint density at radius 3 is 2.37 bits per heavy atom. The lowest BCUT2D eigenvalue weighted by Crippen LogP contribution is -2.25. The average Bonchev–Trinajstić information content (AvgIpc) is 2.38. The first-order chi connectivity index (χ1) is 8.97. The zero-order valence-corrected chi connectivity index (χ0v) is 10.6. The summed E-state index contributed by atoms with van der Waals surface area (Å²) in [6.45, 7) is 0. The summed E-state index contributed by atoms with van der Waals surface area (Å²) in [6, 6.07) is 5.78. The second kappa shape index (κ2) is 5.82. The van der Waals surface area contributed by atoms with Crippen LogP contribution in [-0.4, -0.2) is 6.36 Å². The van der Waals surface area contributed by atoms with Crippen LogP contribution in [0.4, 0.5) is 13.2 Å². The highest BCUT2D eigenvalue weighted by molar-refractivity contribution is 5.36. The molecule has 2 nitrogen and oxygen atoms in total. The van der Waals surface area contributed by atoms with Gasteiger partial charge in [-0.05, 0) is 24.8 Å². The van der Waals surface area contributed by atoms with Crippen molar-refractivity contribution in [1.29, 1.82) is 0 Å². The largest absolute Gasteiger partial charge is 0.573 e. The molecule has 2 rings (SSSR count). The van der Waals surface area contributed by atoms with Gasteiger partial charge in [0.25, 0.3) is 0 Å². The minimum Gasteiger partial charge on any atom is -0.405 e. The van der Waals surface area contributed by atoms with Gasteiger partial charge in [-0.2, -0.15) is 0 Å². The lowest BCUT2D eigenvalue weighted by Gasteiger charge is -2.28. The minimum atomic E-state index is -4.68. The smallest absolute Gasteiger partial charge is 0.405 e. The Labute approximate surface area is 110 Å². The van der Waals surface area contributed by atoms with Crippen LogP contribution in [0.1, 0.15) is 43.7 Å². The third-order valence-corrected chi connectivity index (χ3v) is 3.66. The van der Waals surface area contributed by atoms with Gasteiger partial charge in [0.05, 0.1) is 0 Å². The van der Waals surface area contributed by atoms with E-state index in [-0.39, 0.29) is 17.7 Å². The molecule has 0 amide bonds. The SMILES string of the molecule is NC(c1ccccc1OC(F)(F)F)C1CCCCC1. The standard InChI is InChI=1S/C14H18F3NO/c15-14(16,17)19-12-9-5-4-8-11(12)13(18)10-6-2-1-3-7-10/h4-5,8-10,13H,1-3,6-7,18H2. The first kappa shape index (κ1) is 14.2. The lowest BCUT2D eigenvalue weighted by molar-refractivity contribution is -0.275. The Bertz CT molecular complexity index is 413. The van der Waals surface area contributed by atoms with Gasteiger partial charge < -0.3 is 10.5 Å². The molecule has 0 aliphatic heterocycles. The van der Waals surface area contributed by atoms with Crippen molar-refractivity contribution in [2.45, 2.75) is 44.5 Å². The van der Waals surface area contributed by atoms with E-state index in [1.165, 1.54) is 18.6 Å². The molecule has 1 aliphatic carbocycles. The van der Waals surface area contributed by atoms with Crippen LogP contribution < -0.4 is 10.5 Å². The van der Waals surface area contributed by atoms with Crippen LogP contribution in [0.3, 0.4) is 0 Å². The van der Waals surface area contributed by atoms with E-state index < -0.39 is 6.36 Å². The van der Waals surface area contributed by atoms with Gasteiger partial charge in [0.15, 0.2) is 0 Å². The number of hydrogen-bond acceptors (Lipinski definition) is 2. The predicted octanol–water partition coefficient (Wildman–Crippen LogP) is 4.17. The average molecular weight is 273 g/mol. The van der Waals surface area contributed by atoms with Gasteiger partial charge in [0, 0.05) is 11.6 Å². The van der Waals surface area contributed by atoms with E-state index in [9.17, 15) is 13.2 Å². The van der Waals surface area contributed by atoms with Crippen molar-refractivity contribution in [2.75, 3.05) is 0 Å². The summed E-state index contributed by atoms with van der Waals surface area (Å²) < 4.78 is 41.2. The van der Waals surface area contributed by atoms with E-state index in [1.807, 2.05) is 0 Å². The monoisotopic (exact) mass is 273 g/mol.